The van der Waals surface area contributed by atoms with Gasteiger partial charge in [-0.3, -0.25) is 9.79 Å². The Morgan fingerprint density at radius 3 is 2.48 bits per heavy atom. The summed E-state index contributed by atoms with van der Waals surface area (Å²) in [5.74, 6) is 1.11. The van der Waals surface area contributed by atoms with E-state index in [1.165, 1.54) is 11.1 Å². The molecule has 1 aromatic carbocycles. The maximum absolute atomic E-state index is 12.2. The Labute approximate surface area is 176 Å². The zero-order chi connectivity index (χ0) is 21.4. The number of likely N-dealkylation sites (N-methyl/N-ethyl adjacent to an activating group) is 1. The van der Waals surface area contributed by atoms with Crippen LogP contribution in [0.3, 0.4) is 0 Å². The summed E-state index contributed by atoms with van der Waals surface area (Å²) in [6.45, 7) is 11.2. The second kappa shape index (κ2) is 11.2. The summed E-state index contributed by atoms with van der Waals surface area (Å²) < 4.78 is 0. The largest absolute Gasteiger partial charge is 0.357 e. The van der Waals surface area contributed by atoms with Gasteiger partial charge < -0.3 is 20.4 Å². The summed E-state index contributed by atoms with van der Waals surface area (Å²) in [5, 5.41) is 6.89. The number of aryl methyl sites for hydroxylation is 1. The van der Waals surface area contributed by atoms with Crippen molar-refractivity contribution in [2.45, 2.75) is 52.6 Å². The van der Waals surface area contributed by atoms with Crippen LogP contribution in [0.5, 0.6) is 0 Å². The molecule has 0 radical (unpaired) electrons. The van der Waals surface area contributed by atoms with Crippen molar-refractivity contribution in [1.82, 2.24) is 20.4 Å². The Morgan fingerprint density at radius 2 is 1.93 bits per heavy atom. The Kier molecular flexibility index (Phi) is 8.96. The monoisotopic (exact) mass is 401 g/mol. The van der Waals surface area contributed by atoms with Crippen LogP contribution in [0.4, 0.5) is 0 Å². The second-order valence-electron chi connectivity index (χ2n) is 8.36. The van der Waals surface area contributed by atoms with Gasteiger partial charge in [-0.2, -0.15) is 0 Å². The molecule has 1 aromatic rings. The highest BCUT2D eigenvalue weighted by atomic mass is 16.2. The number of rotatable bonds is 8. The van der Waals surface area contributed by atoms with Gasteiger partial charge in [0.05, 0.1) is 12.6 Å². The standard InChI is InChI=1S/C23H39N5O/c1-7-18-9-11-19(12-10-18)21(27(5)6)15-25-23(24-8-2)26-20-13-14-28(16-20)22(29)17(3)4/h9-12,17,20-21H,7-8,13-16H2,1-6H3,(H2,24,25,26). The maximum atomic E-state index is 12.2. The van der Waals surface area contributed by atoms with E-state index in [0.717, 1.165) is 38.4 Å². The zero-order valence-electron chi connectivity index (χ0n) is 19.0. The highest BCUT2D eigenvalue weighted by molar-refractivity contribution is 5.81. The van der Waals surface area contributed by atoms with Gasteiger partial charge in [-0.25, -0.2) is 0 Å². The normalized spacial score (nSPS) is 18.4. The van der Waals surface area contributed by atoms with Crippen molar-refractivity contribution in [2.24, 2.45) is 10.9 Å². The number of benzene rings is 1. The van der Waals surface area contributed by atoms with E-state index in [4.69, 9.17) is 4.99 Å². The van der Waals surface area contributed by atoms with Gasteiger partial charge in [-0.1, -0.05) is 45.0 Å². The Bertz CT molecular complexity index is 668. The number of amides is 1. The highest BCUT2D eigenvalue weighted by Crippen LogP contribution is 2.20. The van der Waals surface area contributed by atoms with Crippen LogP contribution in [0.15, 0.2) is 29.3 Å². The molecule has 6 nitrogen and oxygen atoms in total. The van der Waals surface area contributed by atoms with Crippen molar-refractivity contribution in [3.8, 4) is 0 Å². The fraction of sp³-hybridized carbons (Fsp3) is 0.652. The highest BCUT2D eigenvalue weighted by Gasteiger charge is 2.28. The number of hydrogen-bond acceptors (Lipinski definition) is 3. The van der Waals surface area contributed by atoms with Crippen molar-refractivity contribution < 1.29 is 4.79 Å². The van der Waals surface area contributed by atoms with E-state index in [0.29, 0.717) is 6.54 Å². The lowest BCUT2D eigenvalue weighted by Gasteiger charge is -2.25. The first-order valence-corrected chi connectivity index (χ1v) is 10.9. The van der Waals surface area contributed by atoms with Crippen LogP contribution in [-0.2, 0) is 11.2 Å². The third-order valence-corrected chi connectivity index (χ3v) is 5.50. The van der Waals surface area contributed by atoms with E-state index >= 15 is 0 Å². The number of hydrogen-bond donors (Lipinski definition) is 2. The molecule has 1 aliphatic heterocycles. The summed E-state index contributed by atoms with van der Waals surface area (Å²) in [6, 6.07) is 9.31. The number of aliphatic imine (C=N–C) groups is 1. The minimum atomic E-state index is 0.0515. The first-order valence-electron chi connectivity index (χ1n) is 10.9. The molecule has 2 N–H and O–H groups in total. The van der Waals surface area contributed by atoms with Gasteiger partial charge in [0, 0.05) is 31.6 Å². The number of carbonyl (C=O) groups excluding carboxylic acids is 1. The number of carbonyl (C=O) groups is 1. The van der Waals surface area contributed by atoms with Crippen LogP contribution in [0.2, 0.25) is 0 Å². The van der Waals surface area contributed by atoms with E-state index in [2.05, 4.69) is 67.7 Å². The third kappa shape index (κ3) is 6.74. The van der Waals surface area contributed by atoms with Gasteiger partial charge >= 0.3 is 0 Å². The lowest BCUT2D eigenvalue weighted by Crippen LogP contribution is -2.45. The third-order valence-electron chi connectivity index (χ3n) is 5.50. The van der Waals surface area contributed by atoms with Gasteiger partial charge in [0.1, 0.15) is 0 Å². The molecule has 2 unspecified atom stereocenters. The molecule has 29 heavy (non-hydrogen) atoms. The average Bonchev–Trinajstić information content (AvgIpc) is 3.16. The van der Waals surface area contributed by atoms with Crippen LogP contribution in [0, 0.1) is 5.92 Å². The van der Waals surface area contributed by atoms with Gasteiger partial charge in [-0.15, -0.1) is 0 Å². The van der Waals surface area contributed by atoms with Crippen LogP contribution in [0.1, 0.15) is 51.3 Å². The molecule has 0 aromatic heterocycles. The smallest absolute Gasteiger partial charge is 0.225 e. The summed E-state index contributed by atoms with van der Waals surface area (Å²) in [4.78, 5) is 21.3. The molecule has 0 saturated carbocycles. The summed E-state index contributed by atoms with van der Waals surface area (Å²) in [5.41, 5.74) is 2.63. The maximum Gasteiger partial charge on any atom is 0.225 e. The molecule has 1 fully saturated rings. The predicted molar refractivity (Wildman–Crippen MR) is 121 cm³/mol. The van der Waals surface area contributed by atoms with Crippen molar-refractivity contribution in [3.63, 3.8) is 0 Å². The van der Waals surface area contributed by atoms with Gasteiger partial charge in [0.25, 0.3) is 0 Å². The van der Waals surface area contributed by atoms with E-state index in [9.17, 15) is 4.79 Å². The predicted octanol–water partition coefficient (Wildman–Crippen LogP) is 2.66. The fourth-order valence-electron chi connectivity index (χ4n) is 3.68. The zero-order valence-corrected chi connectivity index (χ0v) is 19.0. The Hall–Kier alpha value is -2.08. The fourth-order valence-corrected chi connectivity index (χ4v) is 3.68. The minimum Gasteiger partial charge on any atom is -0.357 e. The minimum absolute atomic E-state index is 0.0515. The number of guanidine groups is 1. The van der Waals surface area contributed by atoms with Crippen molar-refractivity contribution in [2.75, 3.05) is 40.3 Å². The molecule has 0 bridgehead atoms. The average molecular weight is 402 g/mol. The van der Waals surface area contributed by atoms with Crippen LogP contribution < -0.4 is 10.6 Å². The number of likely N-dealkylation sites (tertiary alicyclic amines) is 1. The molecule has 162 valence electrons. The first-order chi connectivity index (χ1) is 13.8. The molecule has 0 spiro atoms. The molecular weight excluding hydrogens is 362 g/mol. The van der Waals surface area contributed by atoms with E-state index in [1.54, 1.807) is 0 Å². The van der Waals surface area contributed by atoms with Crippen LogP contribution in [0.25, 0.3) is 0 Å². The lowest BCUT2D eigenvalue weighted by molar-refractivity contribution is -0.133. The molecular formula is C23H39N5O. The summed E-state index contributed by atoms with van der Waals surface area (Å²) >= 11 is 0. The molecule has 1 aliphatic rings. The van der Waals surface area contributed by atoms with Gasteiger partial charge in [0.15, 0.2) is 5.96 Å². The Morgan fingerprint density at radius 1 is 1.24 bits per heavy atom. The van der Waals surface area contributed by atoms with E-state index in [-0.39, 0.29) is 23.9 Å². The molecule has 2 atom stereocenters. The van der Waals surface area contributed by atoms with Crippen molar-refractivity contribution in [1.29, 1.82) is 0 Å². The molecule has 1 heterocycles. The molecule has 1 amide bonds. The lowest BCUT2D eigenvalue weighted by atomic mass is 10.0. The van der Waals surface area contributed by atoms with Crippen molar-refractivity contribution in [3.05, 3.63) is 35.4 Å². The van der Waals surface area contributed by atoms with Crippen LogP contribution >= 0.6 is 0 Å². The topological polar surface area (TPSA) is 60.0 Å². The second-order valence-corrected chi connectivity index (χ2v) is 8.36. The molecule has 1 saturated heterocycles. The van der Waals surface area contributed by atoms with Gasteiger partial charge in [0.2, 0.25) is 5.91 Å². The molecule has 0 aliphatic carbocycles. The van der Waals surface area contributed by atoms with E-state index < -0.39 is 0 Å². The summed E-state index contributed by atoms with van der Waals surface area (Å²) in [7, 11) is 4.20. The van der Waals surface area contributed by atoms with Crippen LogP contribution in [-0.4, -0.2) is 68.0 Å². The van der Waals surface area contributed by atoms with Gasteiger partial charge in [-0.05, 0) is 45.0 Å². The quantitative estimate of drug-likeness (QED) is 0.519. The number of nitrogens with one attached hydrogen (secondary N) is 2. The SMILES string of the molecule is CCNC(=NCC(c1ccc(CC)cc1)N(C)C)NC1CCN(C(=O)C(C)C)C1. The first kappa shape index (κ1) is 23.2. The van der Waals surface area contributed by atoms with E-state index in [1.807, 2.05) is 18.7 Å². The van der Waals surface area contributed by atoms with Crippen molar-refractivity contribution >= 4 is 11.9 Å². The molecule has 6 heteroatoms. The number of nitrogens with zero attached hydrogens (tertiary/aromatic N) is 3. The summed E-state index contributed by atoms with van der Waals surface area (Å²) in [6.07, 6.45) is 2.01. The Balaban J connectivity index is 2.03. The molecule has 2 rings (SSSR count).